The molecule has 8 heteroatoms. The Kier molecular flexibility index (Phi) is 5.47. The second kappa shape index (κ2) is 7.76. The van der Waals surface area contributed by atoms with Crippen LogP contribution < -0.4 is 15.8 Å². The van der Waals surface area contributed by atoms with Gasteiger partial charge in [0.15, 0.2) is 0 Å². The van der Waals surface area contributed by atoms with E-state index >= 15 is 0 Å². The van der Waals surface area contributed by atoms with Gasteiger partial charge in [0, 0.05) is 52.4 Å². The van der Waals surface area contributed by atoms with E-state index in [0.29, 0.717) is 13.1 Å². The Morgan fingerprint density at radius 1 is 1.38 bits per heavy atom. The number of aryl methyl sites for hydroxylation is 1. The van der Waals surface area contributed by atoms with E-state index < -0.39 is 0 Å². The van der Waals surface area contributed by atoms with Crippen molar-refractivity contribution in [3.8, 4) is 0 Å². The molecule has 0 saturated carbocycles. The fourth-order valence-electron chi connectivity index (χ4n) is 3.09. The zero-order chi connectivity index (χ0) is 16.9. The highest BCUT2D eigenvalue weighted by molar-refractivity contribution is 5.78. The summed E-state index contributed by atoms with van der Waals surface area (Å²) >= 11 is 0. The quantitative estimate of drug-likeness (QED) is 0.759. The van der Waals surface area contributed by atoms with Crippen molar-refractivity contribution in [1.29, 1.82) is 0 Å². The summed E-state index contributed by atoms with van der Waals surface area (Å²) < 4.78 is 6.82. The zero-order valence-electron chi connectivity index (χ0n) is 14.1. The van der Waals surface area contributed by atoms with E-state index in [-0.39, 0.29) is 17.6 Å². The Morgan fingerprint density at radius 2 is 2.17 bits per heavy atom. The van der Waals surface area contributed by atoms with Crippen LogP contribution in [-0.4, -0.2) is 72.6 Å². The summed E-state index contributed by atoms with van der Waals surface area (Å²) in [6.07, 6.45) is 4.01. The van der Waals surface area contributed by atoms with E-state index in [1.807, 2.05) is 0 Å². The van der Waals surface area contributed by atoms with Crippen LogP contribution in [0.4, 0.5) is 5.69 Å². The van der Waals surface area contributed by atoms with E-state index in [1.165, 1.54) is 4.68 Å². The monoisotopic (exact) mass is 335 g/mol. The minimum Gasteiger partial charge on any atom is -0.376 e. The fourth-order valence-corrected chi connectivity index (χ4v) is 3.09. The molecule has 24 heavy (non-hydrogen) atoms. The van der Waals surface area contributed by atoms with Gasteiger partial charge in [0.2, 0.25) is 5.91 Å². The molecule has 0 aromatic carbocycles. The number of anilines is 1. The van der Waals surface area contributed by atoms with Crippen LogP contribution in [0.2, 0.25) is 0 Å². The summed E-state index contributed by atoms with van der Waals surface area (Å²) in [6, 6.07) is 1.61. The lowest BCUT2D eigenvalue weighted by atomic mass is 10.2. The lowest BCUT2D eigenvalue weighted by molar-refractivity contribution is -0.122. The molecule has 0 bridgehead atoms. The van der Waals surface area contributed by atoms with Crippen LogP contribution in [-0.2, 0) is 16.6 Å². The average molecular weight is 335 g/mol. The van der Waals surface area contributed by atoms with Gasteiger partial charge in [0.25, 0.3) is 5.56 Å². The second-order valence-corrected chi connectivity index (χ2v) is 6.38. The zero-order valence-corrected chi connectivity index (χ0v) is 14.1. The molecule has 132 valence electrons. The normalized spacial score (nSPS) is 21.9. The molecule has 1 N–H and O–H groups in total. The molecule has 0 spiro atoms. The maximum atomic E-state index is 12.0. The summed E-state index contributed by atoms with van der Waals surface area (Å²) in [6.45, 7) is 4.99. The summed E-state index contributed by atoms with van der Waals surface area (Å²) in [5.74, 6) is 0.0502. The van der Waals surface area contributed by atoms with E-state index in [1.54, 1.807) is 19.3 Å². The number of hydrogen-bond acceptors (Lipinski definition) is 6. The molecule has 1 amide bonds. The van der Waals surface area contributed by atoms with Crippen LogP contribution in [0.3, 0.4) is 0 Å². The third kappa shape index (κ3) is 4.33. The van der Waals surface area contributed by atoms with Gasteiger partial charge in [-0.15, -0.1) is 0 Å². The SMILES string of the molecule is Cn1ncc(N2CCN(CC(=O)NC[C@@H]3CCCO3)CC2)cc1=O. The standard InChI is InChI=1S/C16H25N5O3/c1-19-16(23)9-13(10-18-19)21-6-4-20(5-7-21)12-15(22)17-11-14-3-2-8-24-14/h9-10,14H,2-8,11-12H2,1H3,(H,17,22)/t14-/m0/s1. The van der Waals surface area contributed by atoms with Gasteiger partial charge in [-0.2, -0.15) is 5.10 Å². The number of nitrogens with one attached hydrogen (secondary N) is 1. The number of ether oxygens (including phenoxy) is 1. The lowest BCUT2D eigenvalue weighted by Crippen LogP contribution is -2.50. The van der Waals surface area contributed by atoms with Crippen molar-refractivity contribution >= 4 is 11.6 Å². The molecule has 0 radical (unpaired) electrons. The Bertz CT molecular complexity index is 618. The molecule has 2 aliphatic heterocycles. The van der Waals surface area contributed by atoms with E-state index in [4.69, 9.17) is 4.74 Å². The highest BCUT2D eigenvalue weighted by atomic mass is 16.5. The minimum atomic E-state index is -0.108. The van der Waals surface area contributed by atoms with Crippen LogP contribution in [0, 0.1) is 0 Å². The van der Waals surface area contributed by atoms with E-state index in [2.05, 4.69) is 20.2 Å². The van der Waals surface area contributed by atoms with Crippen LogP contribution in [0.5, 0.6) is 0 Å². The van der Waals surface area contributed by atoms with Crippen molar-refractivity contribution in [3.05, 3.63) is 22.6 Å². The van der Waals surface area contributed by atoms with Gasteiger partial charge in [-0.25, -0.2) is 4.68 Å². The maximum absolute atomic E-state index is 12.0. The predicted molar refractivity (Wildman–Crippen MR) is 90.1 cm³/mol. The molecule has 1 aromatic heterocycles. The van der Waals surface area contributed by atoms with Crippen LogP contribution in [0.1, 0.15) is 12.8 Å². The van der Waals surface area contributed by atoms with Gasteiger partial charge in [0.05, 0.1) is 24.5 Å². The smallest absolute Gasteiger partial charge is 0.268 e. The number of nitrogens with zero attached hydrogens (tertiary/aromatic N) is 4. The number of amides is 1. The molecule has 1 atom stereocenters. The van der Waals surface area contributed by atoms with E-state index in [0.717, 1.165) is 51.3 Å². The molecule has 3 heterocycles. The third-order valence-corrected chi connectivity index (χ3v) is 4.61. The molecule has 2 fully saturated rings. The number of piperazine rings is 1. The molecule has 0 unspecified atom stereocenters. The summed E-state index contributed by atoms with van der Waals surface area (Å²) in [7, 11) is 1.64. The largest absolute Gasteiger partial charge is 0.376 e. The lowest BCUT2D eigenvalue weighted by Gasteiger charge is -2.35. The van der Waals surface area contributed by atoms with Crippen LogP contribution in [0.15, 0.2) is 17.1 Å². The van der Waals surface area contributed by atoms with Crippen molar-refractivity contribution in [2.75, 3.05) is 50.8 Å². The highest BCUT2D eigenvalue weighted by Gasteiger charge is 2.21. The van der Waals surface area contributed by atoms with Gasteiger partial charge in [-0.3, -0.25) is 14.5 Å². The summed E-state index contributed by atoms with van der Waals surface area (Å²) in [5.41, 5.74) is 0.740. The van der Waals surface area contributed by atoms with Gasteiger partial charge in [-0.05, 0) is 12.8 Å². The molecule has 3 rings (SSSR count). The van der Waals surface area contributed by atoms with Gasteiger partial charge in [0.1, 0.15) is 0 Å². The van der Waals surface area contributed by atoms with Crippen molar-refractivity contribution in [2.24, 2.45) is 7.05 Å². The second-order valence-electron chi connectivity index (χ2n) is 6.38. The number of carbonyl (C=O) groups excluding carboxylic acids is 1. The molecule has 0 aliphatic carbocycles. The Hall–Kier alpha value is -1.93. The van der Waals surface area contributed by atoms with Crippen LogP contribution >= 0.6 is 0 Å². The Balaban J connectivity index is 1.42. The molecule has 8 nitrogen and oxygen atoms in total. The predicted octanol–water partition coefficient (Wildman–Crippen LogP) is -0.802. The first kappa shape index (κ1) is 16.9. The molecule has 1 aromatic rings. The van der Waals surface area contributed by atoms with E-state index in [9.17, 15) is 9.59 Å². The molecular formula is C16H25N5O3. The summed E-state index contributed by atoms with van der Waals surface area (Å²) in [5, 5.41) is 7.01. The maximum Gasteiger partial charge on any atom is 0.268 e. The van der Waals surface area contributed by atoms with Crippen molar-refractivity contribution in [3.63, 3.8) is 0 Å². The third-order valence-electron chi connectivity index (χ3n) is 4.61. The van der Waals surface area contributed by atoms with Gasteiger partial charge in [-0.1, -0.05) is 0 Å². The first-order valence-corrected chi connectivity index (χ1v) is 8.51. The first-order chi connectivity index (χ1) is 11.6. The van der Waals surface area contributed by atoms with Crippen molar-refractivity contribution in [2.45, 2.75) is 18.9 Å². The number of aromatic nitrogens is 2. The number of hydrogen-bond donors (Lipinski definition) is 1. The molecule has 2 aliphatic rings. The van der Waals surface area contributed by atoms with Crippen molar-refractivity contribution in [1.82, 2.24) is 20.0 Å². The minimum absolute atomic E-state index is 0.0502. The summed E-state index contributed by atoms with van der Waals surface area (Å²) in [4.78, 5) is 28.0. The topological polar surface area (TPSA) is 79.7 Å². The number of carbonyl (C=O) groups is 1. The Labute approximate surface area is 141 Å². The molecular weight excluding hydrogens is 310 g/mol. The average Bonchev–Trinajstić information content (AvgIpc) is 3.10. The van der Waals surface area contributed by atoms with Crippen LogP contribution in [0.25, 0.3) is 0 Å². The number of rotatable bonds is 5. The fraction of sp³-hybridized carbons (Fsp3) is 0.688. The Morgan fingerprint density at radius 3 is 2.83 bits per heavy atom. The molecule has 2 saturated heterocycles. The van der Waals surface area contributed by atoms with Gasteiger partial charge >= 0.3 is 0 Å². The van der Waals surface area contributed by atoms with Gasteiger partial charge < -0.3 is 15.0 Å². The van der Waals surface area contributed by atoms with Crippen molar-refractivity contribution < 1.29 is 9.53 Å². The highest BCUT2D eigenvalue weighted by Crippen LogP contribution is 2.13. The first-order valence-electron chi connectivity index (χ1n) is 8.51.